The Hall–Kier alpha value is -1.81. The average molecular weight is 233 g/mol. The predicted molar refractivity (Wildman–Crippen MR) is 63.8 cm³/mol. The number of aromatic hydroxyl groups is 1. The standard InChI is InChI=1S/C13H15NO3/c1-2-12-11(7-8-15)14-13(17-12)9-3-5-10(16)6-4-9/h3-6,15-16H,2,7-8H2,1H3. The molecule has 2 N–H and O–H groups in total. The van der Waals surface area contributed by atoms with Crippen LogP contribution < -0.4 is 0 Å². The van der Waals surface area contributed by atoms with Gasteiger partial charge in [-0.15, -0.1) is 0 Å². The van der Waals surface area contributed by atoms with E-state index in [-0.39, 0.29) is 12.4 Å². The van der Waals surface area contributed by atoms with E-state index < -0.39 is 0 Å². The van der Waals surface area contributed by atoms with Crippen molar-refractivity contribution >= 4 is 0 Å². The second kappa shape index (κ2) is 5.01. The number of phenols is 1. The first-order valence-corrected chi connectivity index (χ1v) is 5.63. The van der Waals surface area contributed by atoms with E-state index in [1.54, 1.807) is 24.3 Å². The van der Waals surface area contributed by atoms with Gasteiger partial charge in [-0.25, -0.2) is 4.98 Å². The number of aryl methyl sites for hydroxylation is 1. The minimum atomic E-state index is 0.0640. The van der Waals surface area contributed by atoms with Gasteiger partial charge in [0.2, 0.25) is 5.89 Å². The van der Waals surface area contributed by atoms with Crippen molar-refractivity contribution in [3.05, 3.63) is 35.7 Å². The van der Waals surface area contributed by atoms with Crippen molar-refractivity contribution in [3.8, 4) is 17.2 Å². The molecule has 1 heterocycles. The smallest absolute Gasteiger partial charge is 0.226 e. The summed E-state index contributed by atoms with van der Waals surface area (Å²) in [4.78, 5) is 4.36. The van der Waals surface area contributed by atoms with Crippen LogP contribution in [0.15, 0.2) is 28.7 Å². The van der Waals surface area contributed by atoms with E-state index in [0.29, 0.717) is 12.3 Å². The number of aliphatic hydroxyl groups excluding tert-OH is 1. The fourth-order valence-corrected chi connectivity index (χ4v) is 1.69. The molecule has 0 aliphatic carbocycles. The van der Waals surface area contributed by atoms with Gasteiger partial charge in [0.1, 0.15) is 11.5 Å². The second-order valence-electron chi connectivity index (χ2n) is 3.76. The molecule has 0 bridgehead atoms. The number of oxazole rings is 1. The maximum Gasteiger partial charge on any atom is 0.226 e. The molecule has 0 aliphatic heterocycles. The van der Waals surface area contributed by atoms with Crippen LogP contribution in [0.25, 0.3) is 11.5 Å². The van der Waals surface area contributed by atoms with Gasteiger partial charge < -0.3 is 14.6 Å². The van der Waals surface area contributed by atoms with Crippen LogP contribution in [-0.2, 0) is 12.8 Å². The van der Waals surface area contributed by atoms with E-state index in [1.807, 2.05) is 6.92 Å². The van der Waals surface area contributed by atoms with Crippen LogP contribution in [0.2, 0.25) is 0 Å². The molecule has 0 amide bonds. The minimum absolute atomic E-state index is 0.0640. The number of hydrogen-bond donors (Lipinski definition) is 2. The molecule has 0 radical (unpaired) electrons. The van der Waals surface area contributed by atoms with Crippen LogP contribution in [0.5, 0.6) is 5.75 Å². The fourth-order valence-electron chi connectivity index (χ4n) is 1.69. The number of aromatic nitrogens is 1. The first-order valence-electron chi connectivity index (χ1n) is 5.63. The maximum absolute atomic E-state index is 9.21. The Morgan fingerprint density at radius 3 is 2.53 bits per heavy atom. The quantitative estimate of drug-likeness (QED) is 0.849. The molecule has 0 saturated heterocycles. The topological polar surface area (TPSA) is 66.5 Å². The normalized spacial score (nSPS) is 10.7. The van der Waals surface area contributed by atoms with Crippen LogP contribution in [-0.4, -0.2) is 21.8 Å². The van der Waals surface area contributed by atoms with E-state index in [1.165, 1.54) is 0 Å². The summed E-state index contributed by atoms with van der Waals surface area (Å²) >= 11 is 0. The van der Waals surface area contributed by atoms with E-state index in [9.17, 15) is 5.11 Å². The number of rotatable bonds is 4. The zero-order chi connectivity index (χ0) is 12.3. The molecule has 1 aromatic carbocycles. The molecule has 17 heavy (non-hydrogen) atoms. The summed E-state index contributed by atoms with van der Waals surface area (Å²) in [5, 5.41) is 18.2. The van der Waals surface area contributed by atoms with Gasteiger partial charge in [0.15, 0.2) is 0 Å². The van der Waals surface area contributed by atoms with Crippen molar-refractivity contribution in [1.82, 2.24) is 4.98 Å². The van der Waals surface area contributed by atoms with Gasteiger partial charge in [0.25, 0.3) is 0 Å². The third-order valence-electron chi connectivity index (χ3n) is 2.56. The van der Waals surface area contributed by atoms with E-state index in [2.05, 4.69) is 4.98 Å². The van der Waals surface area contributed by atoms with Crippen LogP contribution >= 0.6 is 0 Å². The van der Waals surface area contributed by atoms with Gasteiger partial charge in [0, 0.05) is 25.0 Å². The molecular formula is C13H15NO3. The maximum atomic E-state index is 9.21. The molecule has 0 unspecified atom stereocenters. The van der Waals surface area contributed by atoms with Gasteiger partial charge in [-0.2, -0.15) is 0 Å². The van der Waals surface area contributed by atoms with E-state index >= 15 is 0 Å². The highest BCUT2D eigenvalue weighted by Crippen LogP contribution is 2.24. The van der Waals surface area contributed by atoms with Crippen molar-refractivity contribution in [2.75, 3.05) is 6.61 Å². The Bertz CT molecular complexity index is 488. The monoisotopic (exact) mass is 233 g/mol. The zero-order valence-corrected chi connectivity index (χ0v) is 9.68. The molecule has 0 atom stereocenters. The highest BCUT2D eigenvalue weighted by atomic mass is 16.4. The number of phenolic OH excluding ortho intramolecular Hbond substituents is 1. The van der Waals surface area contributed by atoms with Crippen LogP contribution in [0.4, 0.5) is 0 Å². The zero-order valence-electron chi connectivity index (χ0n) is 9.68. The Labute approximate surface area is 99.6 Å². The van der Waals surface area contributed by atoms with Crippen molar-refractivity contribution < 1.29 is 14.6 Å². The molecule has 0 spiro atoms. The van der Waals surface area contributed by atoms with Gasteiger partial charge in [-0.3, -0.25) is 0 Å². The van der Waals surface area contributed by atoms with Gasteiger partial charge in [-0.1, -0.05) is 6.92 Å². The van der Waals surface area contributed by atoms with Crippen molar-refractivity contribution in [3.63, 3.8) is 0 Å². The molecule has 4 nitrogen and oxygen atoms in total. The van der Waals surface area contributed by atoms with Crippen LogP contribution in [0.1, 0.15) is 18.4 Å². The molecule has 1 aromatic heterocycles. The summed E-state index contributed by atoms with van der Waals surface area (Å²) in [6.45, 7) is 2.05. The number of nitrogens with zero attached hydrogens (tertiary/aromatic N) is 1. The number of benzene rings is 1. The Morgan fingerprint density at radius 1 is 1.24 bits per heavy atom. The molecule has 2 rings (SSSR count). The lowest BCUT2D eigenvalue weighted by Crippen LogP contribution is -1.94. The average Bonchev–Trinajstić information content (AvgIpc) is 2.74. The highest BCUT2D eigenvalue weighted by Gasteiger charge is 2.12. The summed E-state index contributed by atoms with van der Waals surface area (Å²) in [5.74, 6) is 1.55. The van der Waals surface area contributed by atoms with E-state index in [0.717, 1.165) is 23.4 Å². The van der Waals surface area contributed by atoms with Crippen molar-refractivity contribution in [2.45, 2.75) is 19.8 Å². The van der Waals surface area contributed by atoms with Crippen molar-refractivity contribution in [2.24, 2.45) is 0 Å². The Balaban J connectivity index is 2.35. The van der Waals surface area contributed by atoms with Crippen molar-refractivity contribution in [1.29, 1.82) is 0 Å². The lowest BCUT2D eigenvalue weighted by molar-refractivity contribution is 0.297. The molecular weight excluding hydrogens is 218 g/mol. The molecule has 0 aliphatic rings. The summed E-state index contributed by atoms with van der Waals surface area (Å²) in [6, 6.07) is 6.69. The third kappa shape index (κ3) is 2.47. The highest BCUT2D eigenvalue weighted by molar-refractivity contribution is 5.55. The Kier molecular flexibility index (Phi) is 3.44. The molecule has 0 fully saturated rings. The largest absolute Gasteiger partial charge is 0.508 e. The lowest BCUT2D eigenvalue weighted by Gasteiger charge is -1.95. The third-order valence-corrected chi connectivity index (χ3v) is 2.56. The SMILES string of the molecule is CCc1oc(-c2ccc(O)cc2)nc1CCO. The molecule has 2 aromatic rings. The summed E-state index contributed by atoms with van der Waals surface area (Å²) in [6.07, 6.45) is 1.26. The van der Waals surface area contributed by atoms with Crippen LogP contribution in [0.3, 0.4) is 0 Å². The van der Waals surface area contributed by atoms with E-state index in [4.69, 9.17) is 9.52 Å². The molecule has 0 saturated carbocycles. The second-order valence-corrected chi connectivity index (χ2v) is 3.76. The molecule has 4 heteroatoms. The van der Waals surface area contributed by atoms with Crippen LogP contribution in [0, 0.1) is 0 Å². The first kappa shape index (κ1) is 11.7. The first-order chi connectivity index (χ1) is 8.24. The summed E-state index contributed by atoms with van der Waals surface area (Å²) in [7, 11) is 0. The summed E-state index contributed by atoms with van der Waals surface area (Å²) < 4.78 is 5.64. The lowest BCUT2D eigenvalue weighted by atomic mass is 10.2. The van der Waals surface area contributed by atoms with Gasteiger partial charge >= 0.3 is 0 Å². The minimum Gasteiger partial charge on any atom is -0.508 e. The predicted octanol–water partition coefficient (Wildman–Crippen LogP) is 2.14. The Morgan fingerprint density at radius 2 is 1.94 bits per heavy atom. The number of aliphatic hydroxyl groups is 1. The number of hydrogen-bond acceptors (Lipinski definition) is 4. The van der Waals surface area contributed by atoms with Gasteiger partial charge in [0.05, 0.1) is 5.69 Å². The van der Waals surface area contributed by atoms with Gasteiger partial charge in [-0.05, 0) is 24.3 Å². The molecule has 90 valence electrons. The summed E-state index contributed by atoms with van der Waals surface area (Å²) in [5.41, 5.74) is 1.62. The fraction of sp³-hybridized carbons (Fsp3) is 0.308.